The molecule has 1 amide bonds. The van der Waals surface area contributed by atoms with E-state index in [-0.39, 0.29) is 11.5 Å². The Morgan fingerprint density at radius 1 is 1.32 bits per heavy atom. The van der Waals surface area contributed by atoms with Crippen molar-refractivity contribution < 1.29 is 9.18 Å². The first kappa shape index (κ1) is 15.7. The minimum Gasteiger partial charge on any atom is -0.357 e. The number of hydrogen-bond acceptors (Lipinski definition) is 4. The number of hydrogen-bond donors (Lipinski definition) is 2. The lowest BCUT2D eigenvalue weighted by Crippen LogP contribution is -2.17. The number of amides is 1. The molecule has 7 heteroatoms. The molecule has 4 heterocycles. The van der Waals surface area contributed by atoms with E-state index in [2.05, 4.69) is 38.3 Å². The van der Waals surface area contributed by atoms with Gasteiger partial charge in [0.25, 0.3) is 5.91 Å². The van der Waals surface area contributed by atoms with E-state index in [1.807, 2.05) is 6.07 Å². The second-order valence-electron chi connectivity index (χ2n) is 6.34. The zero-order valence-electron chi connectivity index (χ0n) is 13.8. The lowest BCUT2D eigenvalue weighted by atomic mass is 10.1. The third-order valence-electron chi connectivity index (χ3n) is 4.64. The van der Waals surface area contributed by atoms with Gasteiger partial charge in [-0.3, -0.25) is 9.69 Å². The zero-order chi connectivity index (χ0) is 17.4. The van der Waals surface area contributed by atoms with Crippen LogP contribution in [0.25, 0.3) is 10.9 Å². The molecule has 0 aliphatic carbocycles. The van der Waals surface area contributed by atoms with Gasteiger partial charge in [0.15, 0.2) is 0 Å². The molecule has 3 aromatic rings. The van der Waals surface area contributed by atoms with Gasteiger partial charge >= 0.3 is 0 Å². The molecule has 0 spiro atoms. The molecule has 1 fully saturated rings. The Kier molecular flexibility index (Phi) is 3.93. The predicted molar refractivity (Wildman–Crippen MR) is 92.8 cm³/mol. The summed E-state index contributed by atoms with van der Waals surface area (Å²) in [5.41, 5.74) is 2.38. The van der Waals surface area contributed by atoms with Crippen molar-refractivity contribution in [1.82, 2.24) is 19.9 Å². The summed E-state index contributed by atoms with van der Waals surface area (Å²) in [6, 6.07) is 6.86. The van der Waals surface area contributed by atoms with Crippen LogP contribution in [0.4, 0.5) is 10.2 Å². The number of carbonyl (C=O) groups is 1. The summed E-state index contributed by atoms with van der Waals surface area (Å²) in [6.07, 6.45) is 5.27. The van der Waals surface area contributed by atoms with Crippen molar-refractivity contribution in [3.05, 3.63) is 53.9 Å². The van der Waals surface area contributed by atoms with Crippen LogP contribution in [0.3, 0.4) is 0 Å². The van der Waals surface area contributed by atoms with Crippen LogP contribution in [0.5, 0.6) is 0 Å². The Hall–Kier alpha value is -2.80. The van der Waals surface area contributed by atoms with Crippen LogP contribution in [0.1, 0.15) is 34.9 Å². The minimum atomic E-state index is -0.619. The molecule has 0 saturated carbocycles. The fourth-order valence-electron chi connectivity index (χ4n) is 3.30. The summed E-state index contributed by atoms with van der Waals surface area (Å²) in [5.74, 6) is -0.552. The zero-order valence-corrected chi connectivity index (χ0v) is 13.8. The van der Waals surface area contributed by atoms with E-state index < -0.39 is 5.95 Å². The highest BCUT2D eigenvalue weighted by molar-refractivity contribution is 6.04. The SMILES string of the molecule is CN1CCCC1c1cc2cnc(NC(=O)c3ccc(F)nc3)cc2[nH]1. The summed E-state index contributed by atoms with van der Waals surface area (Å²) in [4.78, 5) is 25.7. The standard InChI is InChI=1S/C18H18FN5O/c1-24-6-2-3-15(24)14-7-12-10-21-17(8-13(12)22-14)23-18(25)11-4-5-16(19)20-9-11/h4-5,7-10,15,22H,2-3,6H2,1H3,(H,21,23,25). The Bertz CT molecular complexity index is 921. The van der Waals surface area contributed by atoms with E-state index in [0.29, 0.717) is 11.9 Å². The number of pyridine rings is 2. The molecule has 0 bridgehead atoms. The number of nitrogens with zero attached hydrogens (tertiary/aromatic N) is 3. The molecule has 128 valence electrons. The first-order valence-electron chi connectivity index (χ1n) is 8.22. The molecule has 2 N–H and O–H groups in total. The summed E-state index contributed by atoms with van der Waals surface area (Å²) in [6.45, 7) is 1.10. The molecule has 1 aliphatic heterocycles. The number of anilines is 1. The van der Waals surface area contributed by atoms with E-state index in [1.165, 1.54) is 24.4 Å². The highest BCUT2D eigenvalue weighted by Gasteiger charge is 2.24. The summed E-state index contributed by atoms with van der Waals surface area (Å²) in [5, 5.41) is 3.73. The molecule has 25 heavy (non-hydrogen) atoms. The Morgan fingerprint density at radius 2 is 2.20 bits per heavy atom. The smallest absolute Gasteiger partial charge is 0.258 e. The fourth-order valence-corrected chi connectivity index (χ4v) is 3.30. The second kappa shape index (κ2) is 6.25. The number of rotatable bonds is 3. The van der Waals surface area contributed by atoms with Gasteiger partial charge in [0.1, 0.15) is 5.82 Å². The molecule has 3 aromatic heterocycles. The number of nitrogens with one attached hydrogen (secondary N) is 2. The van der Waals surface area contributed by atoms with Gasteiger partial charge in [0.2, 0.25) is 5.95 Å². The maximum absolute atomic E-state index is 12.8. The lowest BCUT2D eigenvalue weighted by molar-refractivity contribution is 0.102. The first-order valence-corrected chi connectivity index (χ1v) is 8.22. The summed E-state index contributed by atoms with van der Waals surface area (Å²) in [7, 11) is 2.13. The van der Waals surface area contributed by atoms with Crippen molar-refractivity contribution in [3.8, 4) is 0 Å². The molecule has 1 aliphatic rings. The molecule has 1 unspecified atom stereocenters. The van der Waals surface area contributed by atoms with Gasteiger partial charge in [0.05, 0.1) is 11.1 Å². The molecule has 4 rings (SSSR count). The highest BCUT2D eigenvalue weighted by atomic mass is 19.1. The molecule has 0 radical (unpaired) electrons. The van der Waals surface area contributed by atoms with E-state index in [1.54, 1.807) is 6.20 Å². The molecular formula is C18H18FN5O. The van der Waals surface area contributed by atoms with Crippen molar-refractivity contribution >= 4 is 22.6 Å². The van der Waals surface area contributed by atoms with Crippen LogP contribution in [-0.2, 0) is 0 Å². The Balaban J connectivity index is 1.56. The van der Waals surface area contributed by atoms with Gasteiger partial charge in [0, 0.05) is 35.6 Å². The van der Waals surface area contributed by atoms with Crippen LogP contribution in [0.15, 0.2) is 36.7 Å². The second-order valence-corrected chi connectivity index (χ2v) is 6.34. The average molecular weight is 339 g/mol. The lowest BCUT2D eigenvalue weighted by Gasteiger charge is -2.17. The predicted octanol–water partition coefficient (Wildman–Crippen LogP) is 3.12. The van der Waals surface area contributed by atoms with Gasteiger partial charge in [-0.15, -0.1) is 0 Å². The number of fused-ring (bicyclic) bond motifs is 1. The van der Waals surface area contributed by atoms with Gasteiger partial charge in [-0.1, -0.05) is 0 Å². The van der Waals surface area contributed by atoms with Crippen molar-refractivity contribution in [2.75, 3.05) is 18.9 Å². The van der Waals surface area contributed by atoms with Crippen molar-refractivity contribution in [2.24, 2.45) is 0 Å². The van der Waals surface area contributed by atoms with Crippen LogP contribution in [0.2, 0.25) is 0 Å². The minimum absolute atomic E-state index is 0.281. The van der Waals surface area contributed by atoms with Gasteiger partial charge in [-0.2, -0.15) is 4.39 Å². The van der Waals surface area contributed by atoms with E-state index in [0.717, 1.165) is 29.9 Å². The number of halogens is 1. The van der Waals surface area contributed by atoms with Crippen molar-refractivity contribution in [1.29, 1.82) is 0 Å². The molecule has 1 saturated heterocycles. The monoisotopic (exact) mass is 339 g/mol. The van der Waals surface area contributed by atoms with Crippen LogP contribution < -0.4 is 5.32 Å². The number of likely N-dealkylation sites (tertiary alicyclic amines) is 1. The maximum atomic E-state index is 12.8. The van der Waals surface area contributed by atoms with Gasteiger partial charge in [-0.25, -0.2) is 9.97 Å². The third kappa shape index (κ3) is 3.10. The van der Waals surface area contributed by atoms with E-state index in [9.17, 15) is 9.18 Å². The average Bonchev–Trinajstić information content (AvgIpc) is 3.20. The van der Waals surface area contributed by atoms with Crippen LogP contribution >= 0.6 is 0 Å². The number of aromatic amines is 1. The van der Waals surface area contributed by atoms with E-state index in [4.69, 9.17) is 0 Å². The molecule has 0 aromatic carbocycles. The largest absolute Gasteiger partial charge is 0.357 e. The summed E-state index contributed by atoms with van der Waals surface area (Å²) >= 11 is 0. The van der Waals surface area contributed by atoms with Crippen LogP contribution in [0, 0.1) is 5.95 Å². The van der Waals surface area contributed by atoms with Crippen molar-refractivity contribution in [3.63, 3.8) is 0 Å². The normalized spacial score (nSPS) is 17.9. The number of carbonyl (C=O) groups excluding carboxylic acids is 1. The quantitative estimate of drug-likeness (QED) is 0.719. The van der Waals surface area contributed by atoms with Gasteiger partial charge < -0.3 is 10.3 Å². The number of aromatic nitrogens is 3. The maximum Gasteiger partial charge on any atom is 0.258 e. The van der Waals surface area contributed by atoms with Crippen molar-refractivity contribution in [2.45, 2.75) is 18.9 Å². The first-order chi connectivity index (χ1) is 12.1. The van der Waals surface area contributed by atoms with Gasteiger partial charge in [-0.05, 0) is 44.6 Å². The fraction of sp³-hybridized carbons (Fsp3) is 0.278. The molecular weight excluding hydrogens is 321 g/mol. The summed E-state index contributed by atoms with van der Waals surface area (Å²) < 4.78 is 12.8. The number of H-pyrrole nitrogens is 1. The third-order valence-corrected chi connectivity index (χ3v) is 4.64. The topological polar surface area (TPSA) is 73.9 Å². The Morgan fingerprint density at radius 3 is 2.92 bits per heavy atom. The van der Waals surface area contributed by atoms with Crippen LogP contribution in [-0.4, -0.2) is 39.4 Å². The molecule has 6 nitrogen and oxygen atoms in total. The highest BCUT2D eigenvalue weighted by Crippen LogP contribution is 2.31. The van der Waals surface area contributed by atoms with E-state index >= 15 is 0 Å². The Labute approximate surface area is 144 Å². The molecule has 1 atom stereocenters.